The lowest BCUT2D eigenvalue weighted by Crippen LogP contribution is -2.28. The fourth-order valence-corrected chi connectivity index (χ4v) is 4.07. The molecular formula is C21H16F3N9O. The van der Waals surface area contributed by atoms with E-state index in [0.717, 1.165) is 25.2 Å². The van der Waals surface area contributed by atoms with Gasteiger partial charge in [0.15, 0.2) is 11.3 Å². The maximum atomic E-state index is 12.9. The molecule has 10 nitrogen and oxygen atoms in total. The Hall–Kier alpha value is -4.21. The Bertz CT molecular complexity index is 1460. The fraction of sp³-hybridized carbons (Fsp3) is 0.333. The van der Waals surface area contributed by atoms with Crippen LogP contribution in [0.3, 0.4) is 0 Å². The number of H-pyrrole nitrogens is 1. The normalized spacial score (nSPS) is 18.9. The van der Waals surface area contributed by atoms with Crippen molar-refractivity contribution in [1.82, 2.24) is 39.7 Å². The Morgan fingerprint density at radius 2 is 1.82 bits per heavy atom. The number of halogens is 3. The van der Waals surface area contributed by atoms with E-state index in [2.05, 4.69) is 35.0 Å². The SMILES string of the molecule is C[C@@H](c1cnc(C(F)(F)F)nc1)n1nc(C#N)c2c(=O)[nH]c([C@@H]3CC[C@H]3c3ncccn3)nc21. The van der Waals surface area contributed by atoms with Crippen LogP contribution in [0.1, 0.15) is 66.4 Å². The molecule has 0 radical (unpaired) electrons. The van der Waals surface area contributed by atoms with Crippen LogP contribution in [0, 0.1) is 11.3 Å². The molecule has 1 N–H and O–H groups in total. The van der Waals surface area contributed by atoms with Gasteiger partial charge in [0.1, 0.15) is 23.1 Å². The van der Waals surface area contributed by atoms with Gasteiger partial charge in [-0.25, -0.2) is 29.6 Å². The summed E-state index contributed by atoms with van der Waals surface area (Å²) in [6.45, 7) is 1.64. The topological polar surface area (TPSA) is 139 Å². The summed E-state index contributed by atoms with van der Waals surface area (Å²) in [5, 5.41) is 13.7. The average Bonchev–Trinajstić information content (AvgIpc) is 3.17. The molecule has 0 bridgehead atoms. The van der Waals surface area contributed by atoms with E-state index in [4.69, 9.17) is 0 Å². The second-order valence-electron chi connectivity index (χ2n) is 7.97. The Labute approximate surface area is 189 Å². The second kappa shape index (κ2) is 7.98. The van der Waals surface area contributed by atoms with Crippen LogP contribution in [0.4, 0.5) is 13.2 Å². The molecule has 172 valence electrons. The first-order valence-electron chi connectivity index (χ1n) is 10.4. The van der Waals surface area contributed by atoms with Crippen molar-refractivity contribution in [1.29, 1.82) is 5.26 Å². The first-order valence-corrected chi connectivity index (χ1v) is 10.4. The number of nitriles is 1. The summed E-state index contributed by atoms with van der Waals surface area (Å²) in [4.78, 5) is 35.7. The van der Waals surface area contributed by atoms with Gasteiger partial charge >= 0.3 is 6.18 Å². The molecule has 0 aromatic carbocycles. The second-order valence-corrected chi connectivity index (χ2v) is 7.97. The summed E-state index contributed by atoms with van der Waals surface area (Å²) in [5.41, 5.74) is -0.183. The van der Waals surface area contributed by atoms with Gasteiger partial charge in [0.05, 0.1) is 6.04 Å². The fourth-order valence-electron chi connectivity index (χ4n) is 4.07. The van der Waals surface area contributed by atoms with Gasteiger partial charge in [-0.2, -0.15) is 23.5 Å². The highest BCUT2D eigenvalue weighted by atomic mass is 19.4. The van der Waals surface area contributed by atoms with E-state index in [0.29, 0.717) is 17.2 Å². The maximum Gasteiger partial charge on any atom is 0.451 e. The quantitative estimate of drug-likeness (QED) is 0.483. The average molecular weight is 467 g/mol. The predicted octanol–water partition coefficient (Wildman–Crippen LogP) is 2.86. The largest absolute Gasteiger partial charge is 0.451 e. The molecule has 0 spiro atoms. The molecule has 1 aliphatic rings. The van der Waals surface area contributed by atoms with Crippen molar-refractivity contribution >= 4 is 11.0 Å². The Morgan fingerprint density at radius 3 is 2.41 bits per heavy atom. The number of nitrogens with zero attached hydrogens (tertiary/aromatic N) is 8. The van der Waals surface area contributed by atoms with Gasteiger partial charge in [-0.05, 0) is 25.8 Å². The summed E-state index contributed by atoms with van der Waals surface area (Å²) in [6, 6.07) is 2.91. The van der Waals surface area contributed by atoms with E-state index in [1.807, 2.05) is 6.07 Å². The number of aromatic nitrogens is 8. The third-order valence-corrected chi connectivity index (χ3v) is 6.00. The summed E-state index contributed by atoms with van der Waals surface area (Å²) in [5.74, 6) is -0.333. The van der Waals surface area contributed by atoms with Crippen LogP contribution >= 0.6 is 0 Å². The summed E-state index contributed by atoms with van der Waals surface area (Å²) >= 11 is 0. The highest BCUT2D eigenvalue weighted by Gasteiger charge is 2.38. The molecule has 3 atom stereocenters. The molecule has 34 heavy (non-hydrogen) atoms. The minimum atomic E-state index is -4.67. The number of hydrogen-bond acceptors (Lipinski definition) is 8. The summed E-state index contributed by atoms with van der Waals surface area (Å²) in [6.07, 6.45) is 2.32. The van der Waals surface area contributed by atoms with Crippen LogP contribution in [0.25, 0.3) is 11.0 Å². The van der Waals surface area contributed by atoms with E-state index in [9.17, 15) is 23.2 Å². The zero-order chi connectivity index (χ0) is 24.0. The van der Waals surface area contributed by atoms with Gasteiger partial charge < -0.3 is 4.98 Å². The molecule has 4 aromatic rings. The standard InChI is InChI=1S/C21H16F3N9O/c1-10(11-8-28-20(29-9-11)21(22,23)24)33-18-15(14(7-25)32-33)19(34)31-17(30-18)13-4-3-12(13)16-26-5-2-6-27-16/h2,5-6,8-10,12-13H,3-4H2,1H3,(H,30,31,34)/t10-,12+,13+/m0/s1. The zero-order valence-corrected chi connectivity index (χ0v) is 17.7. The zero-order valence-electron chi connectivity index (χ0n) is 17.7. The van der Waals surface area contributed by atoms with Crippen molar-refractivity contribution in [3.8, 4) is 6.07 Å². The Kier molecular flexibility index (Phi) is 5.07. The van der Waals surface area contributed by atoms with Crippen LogP contribution in [0.15, 0.2) is 35.6 Å². The number of rotatable bonds is 4. The Morgan fingerprint density at radius 1 is 1.15 bits per heavy atom. The van der Waals surface area contributed by atoms with Gasteiger partial charge in [0.2, 0.25) is 5.82 Å². The van der Waals surface area contributed by atoms with E-state index in [1.165, 1.54) is 4.68 Å². The first kappa shape index (κ1) is 21.6. The molecule has 1 saturated carbocycles. The molecule has 1 aliphatic carbocycles. The van der Waals surface area contributed by atoms with Crippen molar-refractivity contribution in [2.75, 3.05) is 0 Å². The molecule has 4 heterocycles. The van der Waals surface area contributed by atoms with Gasteiger partial charge in [0.25, 0.3) is 5.56 Å². The van der Waals surface area contributed by atoms with E-state index in [-0.39, 0.29) is 28.6 Å². The van der Waals surface area contributed by atoms with Crippen molar-refractivity contribution in [3.63, 3.8) is 0 Å². The molecule has 0 aliphatic heterocycles. The van der Waals surface area contributed by atoms with E-state index in [1.54, 1.807) is 25.4 Å². The summed E-state index contributed by atoms with van der Waals surface area (Å²) < 4.78 is 39.8. The van der Waals surface area contributed by atoms with Gasteiger partial charge in [-0.15, -0.1) is 0 Å². The lowest BCUT2D eigenvalue weighted by atomic mass is 9.72. The third-order valence-electron chi connectivity index (χ3n) is 6.00. The van der Waals surface area contributed by atoms with Crippen LogP contribution < -0.4 is 5.56 Å². The number of fused-ring (bicyclic) bond motifs is 1. The van der Waals surface area contributed by atoms with Crippen LogP contribution in [-0.2, 0) is 6.18 Å². The molecular weight excluding hydrogens is 451 g/mol. The molecule has 4 aromatic heterocycles. The highest BCUT2D eigenvalue weighted by molar-refractivity contribution is 5.80. The maximum absolute atomic E-state index is 12.9. The third kappa shape index (κ3) is 3.57. The predicted molar refractivity (Wildman–Crippen MR) is 110 cm³/mol. The van der Waals surface area contributed by atoms with Gasteiger partial charge in [-0.1, -0.05) is 0 Å². The number of hydrogen-bond donors (Lipinski definition) is 1. The highest BCUT2D eigenvalue weighted by Crippen LogP contribution is 2.46. The van der Waals surface area contributed by atoms with E-state index >= 15 is 0 Å². The molecule has 0 unspecified atom stereocenters. The van der Waals surface area contributed by atoms with Crippen molar-refractivity contribution in [3.05, 3.63) is 69.9 Å². The number of aromatic amines is 1. The smallest absolute Gasteiger partial charge is 0.310 e. The van der Waals surface area contributed by atoms with Crippen LogP contribution in [0.2, 0.25) is 0 Å². The van der Waals surface area contributed by atoms with Gasteiger partial charge in [-0.3, -0.25) is 4.79 Å². The monoisotopic (exact) mass is 467 g/mol. The van der Waals surface area contributed by atoms with Crippen LogP contribution in [-0.4, -0.2) is 39.7 Å². The van der Waals surface area contributed by atoms with E-state index < -0.39 is 23.6 Å². The molecule has 0 amide bonds. The van der Waals surface area contributed by atoms with Crippen molar-refractivity contribution < 1.29 is 13.2 Å². The first-order chi connectivity index (χ1) is 16.3. The number of alkyl halides is 3. The van der Waals surface area contributed by atoms with Crippen LogP contribution in [0.5, 0.6) is 0 Å². The molecule has 5 rings (SSSR count). The molecule has 0 saturated heterocycles. The lowest BCUT2D eigenvalue weighted by molar-refractivity contribution is -0.145. The minimum Gasteiger partial charge on any atom is -0.310 e. The molecule has 1 fully saturated rings. The van der Waals surface area contributed by atoms with Gasteiger partial charge in [0, 0.05) is 42.2 Å². The summed E-state index contributed by atoms with van der Waals surface area (Å²) in [7, 11) is 0. The molecule has 13 heteroatoms. The lowest BCUT2D eigenvalue weighted by Gasteiger charge is -2.34. The number of nitrogens with one attached hydrogen (secondary N) is 1. The van der Waals surface area contributed by atoms with Crippen molar-refractivity contribution in [2.45, 2.75) is 43.8 Å². The van der Waals surface area contributed by atoms with Crippen molar-refractivity contribution in [2.24, 2.45) is 0 Å². The minimum absolute atomic E-state index is 0.0118. The Balaban J connectivity index is 1.57.